The normalized spacial score (nSPS) is 19.9. The summed E-state index contributed by atoms with van der Waals surface area (Å²) in [5.74, 6) is -1.75. The summed E-state index contributed by atoms with van der Waals surface area (Å²) in [5, 5.41) is 10.1. The standard InChI is InChI=1S/C11H12F2O/c12-9-4-3-8(7-10(9)13)11(14)5-1-2-6-11/h3-4,7,14H,1-2,5-6H2. The molecule has 0 unspecified atom stereocenters. The first-order valence-electron chi connectivity index (χ1n) is 4.80. The lowest BCUT2D eigenvalue weighted by molar-refractivity contribution is 0.0440. The Labute approximate surface area is 81.4 Å². The molecular weight excluding hydrogens is 186 g/mol. The molecule has 0 aliphatic heterocycles. The SMILES string of the molecule is OC1(c2ccc(F)c(F)c2)CCCC1. The molecule has 1 fully saturated rings. The van der Waals surface area contributed by atoms with Gasteiger partial charge < -0.3 is 5.11 Å². The Balaban J connectivity index is 2.36. The summed E-state index contributed by atoms with van der Waals surface area (Å²) in [7, 11) is 0. The lowest BCUT2D eigenvalue weighted by Crippen LogP contribution is -2.21. The van der Waals surface area contributed by atoms with Crippen LogP contribution in [0.2, 0.25) is 0 Å². The fraction of sp³-hybridized carbons (Fsp3) is 0.455. The van der Waals surface area contributed by atoms with Crippen LogP contribution in [0.4, 0.5) is 8.78 Å². The monoisotopic (exact) mass is 198 g/mol. The topological polar surface area (TPSA) is 20.2 Å². The summed E-state index contributed by atoms with van der Waals surface area (Å²) in [6.45, 7) is 0. The molecule has 0 radical (unpaired) electrons. The van der Waals surface area contributed by atoms with Crippen LogP contribution in [0.5, 0.6) is 0 Å². The van der Waals surface area contributed by atoms with Crippen molar-refractivity contribution in [2.45, 2.75) is 31.3 Å². The Morgan fingerprint density at radius 1 is 1.07 bits per heavy atom. The van der Waals surface area contributed by atoms with E-state index in [1.165, 1.54) is 6.07 Å². The second kappa shape index (κ2) is 3.31. The van der Waals surface area contributed by atoms with E-state index in [0.717, 1.165) is 25.0 Å². The van der Waals surface area contributed by atoms with Crippen LogP contribution < -0.4 is 0 Å². The van der Waals surface area contributed by atoms with Crippen molar-refractivity contribution in [2.24, 2.45) is 0 Å². The molecule has 0 aromatic heterocycles. The van der Waals surface area contributed by atoms with Gasteiger partial charge in [-0.15, -0.1) is 0 Å². The zero-order valence-electron chi connectivity index (χ0n) is 7.76. The molecule has 1 aliphatic carbocycles. The molecule has 2 rings (SSSR count). The predicted octanol–water partition coefficient (Wildman–Crippen LogP) is 2.73. The molecule has 0 bridgehead atoms. The largest absolute Gasteiger partial charge is 0.385 e. The maximum absolute atomic E-state index is 12.9. The molecule has 1 saturated carbocycles. The van der Waals surface area contributed by atoms with Gasteiger partial charge in [0.1, 0.15) is 0 Å². The fourth-order valence-electron chi connectivity index (χ4n) is 2.03. The minimum absolute atomic E-state index is 0.494. The number of benzene rings is 1. The first-order valence-corrected chi connectivity index (χ1v) is 4.80. The third-order valence-corrected chi connectivity index (χ3v) is 2.89. The van der Waals surface area contributed by atoms with Gasteiger partial charge in [0.15, 0.2) is 11.6 Å². The molecular formula is C11H12F2O. The van der Waals surface area contributed by atoms with Crippen LogP contribution in [0, 0.1) is 11.6 Å². The molecule has 3 heteroatoms. The molecule has 0 amide bonds. The van der Waals surface area contributed by atoms with Crippen LogP contribution in [-0.4, -0.2) is 5.11 Å². The quantitative estimate of drug-likeness (QED) is 0.735. The first kappa shape index (κ1) is 9.59. The van der Waals surface area contributed by atoms with Gasteiger partial charge in [0.25, 0.3) is 0 Å². The van der Waals surface area contributed by atoms with Crippen molar-refractivity contribution < 1.29 is 13.9 Å². The van der Waals surface area contributed by atoms with Gasteiger partial charge in [0.05, 0.1) is 5.60 Å². The molecule has 1 nitrogen and oxygen atoms in total. The summed E-state index contributed by atoms with van der Waals surface area (Å²) in [6.07, 6.45) is 3.15. The third-order valence-electron chi connectivity index (χ3n) is 2.89. The van der Waals surface area contributed by atoms with Gasteiger partial charge >= 0.3 is 0 Å². The molecule has 0 saturated heterocycles. The van der Waals surface area contributed by atoms with E-state index in [9.17, 15) is 13.9 Å². The van der Waals surface area contributed by atoms with Crippen molar-refractivity contribution in [1.29, 1.82) is 0 Å². The van der Waals surface area contributed by atoms with E-state index < -0.39 is 17.2 Å². The predicted molar refractivity (Wildman–Crippen MR) is 48.7 cm³/mol. The van der Waals surface area contributed by atoms with Crippen LogP contribution >= 0.6 is 0 Å². The number of rotatable bonds is 1. The number of aliphatic hydroxyl groups is 1. The highest BCUT2D eigenvalue weighted by molar-refractivity contribution is 5.25. The Hall–Kier alpha value is -0.960. The van der Waals surface area contributed by atoms with Gasteiger partial charge in [-0.1, -0.05) is 18.9 Å². The van der Waals surface area contributed by atoms with E-state index in [0.29, 0.717) is 18.4 Å². The maximum atomic E-state index is 12.9. The van der Waals surface area contributed by atoms with E-state index in [2.05, 4.69) is 0 Å². The summed E-state index contributed by atoms with van der Waals surface area (Å²) >= 11 is 0. The number of hydrogen-bond acceptors (Lipinski definition) is 1. The minimum atomic E-state index is -0.936. The van der Waals surface area contributed by atoms with E-state index >= 15 is 0 Å². The van der Waals surface area contributed by atoms with Crippen molar-refractivity contribution >= 4 is 0 Å². The fourth-order valence-corrected chi connectivity index (χ4v) is 2.03. The smallest absolute Gasteiger partial charge is 0.159 e. The highest BCUT2D eigenvalue weighted by Gasteiger charge is 2.33. The molecule has 0 spiro atoms. The van der Waals surface area contributed by atoms with Crippen LogP contribution in [0.15, 0.2) is 18.2 Å². The Kier molecular flexibility index (Phi) is 2.27. The summed E-state index contributed by atoms with van der Waals surface area (Å²) < 4.78 is 25.6. The lowest BCUT2D eigenvalue weighted by atomic mass is 9.92. The maximum Gasteiger partial charge on any atom is 0.159 e. The first-order chi connectivity index (χ1) is 6.62. The molecule has 14 heavy (non-hydrogen) atoms. The van der Waals surface area contributed by atoms with E-state index in [4.69, 9.17) is 0 Å². The van der Waals surface area contributed by atoms with Gasteiger partial charge in [0, 0.05) is 0 Å². The van der Waals surface area contributed by atoms with Crippen molar-refractivity contribution in [3.63, 3.8) is 0 Å². The van der Waals surface area contributed by atoms with E-state index in [1.807, 2.05) is 0 Å². The van der Waals surface area contributed by atoms with E-state index in [-0.39, 0.29) is 0 Å². The van der Waals surface area contributed by atoms with Crippen LogP contribution in [0.3, 0.4) is 0 Å². The molecule has 0 atom stereocenters. The average molecular weight is 198 g/mol. The third kappa shape index (κ3) is 1.52. The van der Waals surface area contributed by atoms with Crippen molar-refractivity contribution in [3.8, 4) is 0 Å². The van der Waals surface area contributed by atoms with Crippen LogP contribution in [0.1, 0.15) is 31.2 Å². The molecule has 1 aliphatic rings. The summed E-state index contributed by atoms with van der Waals surface area (Å²) in [6, 6.07) is 3.63. The summed E-state index contributed by atoms with van der Waals surface area (Å²) in [4.78, 5) is 0. The second-order valence-corrected chi connectivity index (χ2v) is 3.87. The highest BCUT2D eigenvalue weighted by Crippen LogP contribution is 2.38. The second-order valence-electron chi connectivity index (χ2n) is 3.87. The van der Waals surface area contributed by atoms with Gasteiger partial charge in [-0.3, -0.25) is 0 Å². The van der Waals surface area contributed by atoms with Gasteiger partial charge in [-0.25, -0.2) is 8.78 Å². The van der Waals surface area contributed by atoms with Crippen LogP contribution in [0.25, 0.3) is 0 Å². The Bertz CT molecular complexity index is 343. The Morgan fingerprint density at radius 2 is 1.71 bits per heavy atom. The van der Waals surface area contributed by atoms with Crippen molar-refractivity contribution in [2.75, 3.05) is 0 Å². The van der Waals surface area contributed by atoms with Gasteiger partial charge in [-0.05, 0) is 30.5 Å². The molecule has 76 valence electrons. The molecule has 1 N–H and O–H groups in total. The Morgan fingerprint density at radius 3 is 2.29 bits per heavy atom. The summed E-state index contributed by atoms with van der Waals surface area (Å²) in [5.41, 5.74) is -0.442. The molecule has 1 aromatic rings. The lowest BCUT2D eigenvalue weighted by Gasteiger charge is -2.22. The average Bonchev–Trinajstić information content (AvgIpc) is 2.58. The molecule has 1 aromatic carbocycles. The zero-order valence-corrected chi connectivity index (χ0v) is 7.76. The minimum Gasteiger partial charge on any atom is -0.385 e. The highest BCUT2D eigenvalue weighted by atomic mass is 19.2. The number of halogens is 2. The van der Waals surface area contributed by atoms with Gasteiger partial charge in [0.2, 0.25) is 0 Å². The zero-order chi connectivity index (χ0) is 10.2. The van der Waals surface area contributed by atoms with E-state index in [1.54, 1.807) is 0 Å². The van der Waals surface area contributed by atoms with Gasteiger partial charge in [-0.2, -0.15) is 0 Å². The van der Waals surface area contributed by atoms with Crippen molar-refractivity contribution in [3.05, 3.63) is 35.4 Å². The number of hydrogen-bond donors (Lipinski definition) is 1. The van der Waals surface area contributed by atoms with Crippen molar-refractivity contribution in [1.82, 2.24) is 0 Å². The van der Waals surface area contributed by atoms with Crippen LogP contribution in [-0.2, 0) is 5.60 Å². The molecule has 0 heterocycles.